The van der Waals surface area contributed by atoms with E-state index in [1.165, 1.54) is 29.0 Å². The Kier molecular flexibility index (Phi) is 5.20. The fourth-order valence-corrected chi connectivity index (χ4v) is 3.36. The topological polar surface area (TPSA) is 90.8 Å². The number of allylic oxidation sites excluding steroid dienone is 1. The van der Waals surface area contributed by atoms with E-state index in [9.17, 15) is 19.1 Å². The summed E-state index contributed by atoms with van der Waals surface area (Å²) in [6.45, 7) is 4.89. The number of aryl methyl sites for hydroxylation is 2. The maximum absolute atomic E-state index is 13.1. The molecule has 8 heteroatoms. The molecule has 28 heavy (non-hydrogen) atoms. The van der Waals surface area contributed by atoms with Gasteiger partial charge in [-0.25, -0.2) is 9.07 Å². The Labute approximate surface area is 165 Å². The first-order valence-electron chi connectivity index (χ1n) is 8.34. The second-order valence-corrected chi connectivity index (χ2v) is 6.65. The summed E-state index contributed by atoms with van der Waals surface area (Å²) in [5.74, 6) is -2.12. The fourth-order valence-electron chi connectivity index (χ4n) is 3.02. The van der Waals surface area contributed by atoms with Crippen molar-refractivity contribution in [3.63, 3.8) is 0 Å². The Morgan fingerprint density at radius 3 is 2.43 bits per heavy atom. The normalized spacial score (nSPS) is 11.3. The fraction of sp³-hybridized carbons (Fsp3) is 0.150. The van der Waals surface area contributed by atoms with E-state index in [-0.39, 0.29) is 28.0 Å². The van der Waals surface area contributed by atoms with Crippen LogP contribution in [0.15, 0.2) is 30.3 Å². The van der Waals surface area contributed by atoms with Crippen LogP contribution in [0.25, 0.3) is 11.8 Å². The molecule has 3 aromatic rings. The van der Waals surface area contributed by atoms with Gasteiger partial charge in [-0.1, -0.05) is 11.6 Å². The zero-order valence-electron chi connectivity index (χ0n) is 15.3. The molecule has 0 aliphatic heterocycles. The Morgan fingerprint density at radius 1 is 1.21 bits per heavy atom. The van der Waals surface area contributed by atoms with Gasteiger partial charge in [0, 0.05) is 16.8 Å². The van der Waals surface area contributed by atoms with Crippen LogP contribution in [0.4, 0.5) is 4.39 Å². The molecule has 0 unspecified atom stereocenters. The third-order valence-corrected chi connectivity index (χ3v) is 4.77. The van der Waals surface area contributed by atoms with Crippen LogP contribution in [0.1, 0.15) is 43.4 Å². The number of benzene rings is 1. The standard InChI is InChI=1S/C20H17ClFN3O3/c1-10-17(12(3)23-18(10)20(27)28)16(26)9-8-15-11(2)24-25(19(15)21)14-6-4-13(22)5-7-14/h4-9,23H,1-3H3,(H,27,28)/p-1/b9-8+. The lowest BCUT2D eigenvalue weighted by Gasteiger charge is -2.02. The molecule has 3 rings (SSSR count). The molecular formula is C20H16ClFN3O3-. The van der Waals surface area contributed by atoms with Gasteiger partial charge in [0.2, 0.25) is 0 Å². The van der Waals surface area contributed by atoms with E-state index in [2.05, 4.69) is 10.1 Å². The van der Waals surface area contributed by atoms with Crippen molar-refractivity contribution in [2.24, 2.45) is 0 Å². The molecule has 0 aliphatic carbocycles. The first kappa shape index (κ1) is 19.6. The lowest BCUT2D eigenvalue weighted by molar-refractivity contribution is -0.255. The lowest BCUT2D eigenvalue weighted by atomic mass is 10.0. The summed E-state index contributed by atoms with van der Waals surface area (Å²) in [5.41, 5.74) is 2.61. The van der Waals surface area contributed by atoms with Gasteiger partial charge in [-0.3, -0.25) is 4.79 Å². The largest absolute Gasteiger partial charge is 0.543 e. The predicted octanol–water partition coefficient (Wildman–Crippen LogP) is 3.18. The van der Waals surface area contributed by atoms with Crippen LogP contribution in [0.3, 0.4) is 0 Å². The second-order valence-electron chi connectivity index (χ2n) is 6.29. The number of carbonyl (C=O) groups excluding carboxylic acids is 2. The average molecular weight is 401 g/mol. The smallest absolute Gasteiger partial charge is 0.187 e. The molecule has 0 atom stereocenters. The highest BCUT2D eigenvalue weighted by atomic mass is 35.5. The van der Waals surface area contributed by atoms with Gasteiger partial charge >= 0.3 is 0 Å². The summed E-state index contributed by atoms with van der Waals surface area (Å²) in [4.78, 5) is 26.4. The zero-order valence-corrected chi connectivity index (χ0v) is 16.1. The molecule has 0 fully saturated rings. The number of nitrogens with one attached hydrogen (secondary N) is 1. The number of nitrogens with zero attached hydrogens (tertiary/aromatic N) is 2. The first-order valence-corrected chi connectivity index (χ1v) is 8.72. The minimum absolute atomic E-state index is 0.118. The number of H-pyrrole nitrogens is 1. The van der Waals surface area contributed by atoms with Gasteiger partial charge < -0.3 is 14.9 Å². The molecule has 0 aliphatic rings. The summed E-state index contributed by atoms with van der Waals surface area (Å²) in [6, 6.07) is 5.68. The summed E-state index contributed by atoms with van der Waals surface area (Å²) in [6.07, 6.45) is 2.84. The number of hydrogen-bond donors (Lipinski definition) is 1. The van der Waals surface area contributed by atoms with Crippen molar-refractivity contribution in [3.05, 3.63) is 75.1 Å². The summed E-state index contributed by atoms with van der Waals surface area (Å²) >= 11 is 6.39. The van der Waals surface area contributed by atoms with Crippen molar-refractivity contribution in [2.75, 3.05) is 0 Å². The van der Waals surface area contributed by atoms with Crippen LogP contribution in [-0.2, 0) is 0 Å². The number of aromatic carboxylic acids is 1. The van der Waals surface area contributed by atoms with Crippen LogP contribution < -0.4 is 5.11 Å². The SMILES string of the molecule is Cc1nn(-c2ccc(F)cc2)c(Cl)c1/C=C/C(=O)c1c(C)[nH]c(C(=O)[O-])c1C. The lowest BCUT2D eigenvalue weighted by Crippen LogP contribution is -2.23. The maximum Gasteiger partial charge on any atom is 0.187 e. The number of carbonyl (C=O) groups is 2. The molecule has 0 radical (unpaired) electrons. The molecule has 0 amide bonds. The number of rotatable bonds is 5. The van der Waals surface area contributed by atoms with Gasteiger partial charge in [-0.15, -0.1) is 0 Å². The van der Waals surface area contributed by atoms with E-state index in [0.29, 0.717) is 28.2 Å². The van der Waals surface area contributed by atoms with Gasteiger partial charge in [-0.05, 0) is 62.8 Å². The Bertz CT molecular complexity index is 1110. The van der Waals surface area contributed by atoms with Crippen molar-refractivity contribution < 1.29 is 19.1 Å². The van der Waals surface area contributed by atoms with E-state index in [0.717, 1.165) is 0 Å². The molecule has 6 nitrogen and oxygen atoms in total. The Hall–Kier alpha value is -3.19. The van der Waals surface area contributed by atoms with Crippen molar-refractivity contribution >= 4 is 29.4 Å². The van der Waals surface area contributed by atoms with E-state index in [1.54, 1.807) is 32.9 Å². The average Bonchev–Trinajstić information content (AvgIpc) is 3.09. The van der Waals surface area contributed by atoms with Crippen LogP contribution in [-0.4, -0.2) is 26.5 Å². The Morgan fingerprint density at radius 2 is 1.86 bits per heavy atom. The minimum Gasteiger partial charge on any atom is -0.543 e. The van der Waals surface area contributed by atoms with Crippen molar-refractivity contribution in [1.82, 2.24) is 14.8 Å². The molecule has 0 saturated heterocycles. The minimum atomic E-state index is -1.37. The first-order chi connectivity index (χ1) is 13.2. The number of carboxylic acid groups (broad SMARTS) is 1. The third-order valence-electron chi connectivity index (χ3n) is 4.41. The number of ketones is 1. The van der Waals surface area contributed by atoms with E-state index in [1.807, 2.05) is 0 Å². The molecular weight excluding hydrogens is 385 g/mol. The molecule has 0 saturated carbocycles. The number of aromatic nitrogens is 3. The van der Waals surface area contributed by atoms with Crippen LogP contribution in [0.2, 0.25) is 5.15 Å². The molecule has 2 aromatic heterocycles. The molecule has 0 bridgehead atoms. The molecule has 144 valence electrons. The highest BCUT2D eigenvalue weighted by Crippen LogP contribution is 2.26. The molecule has 2 heterocycles. The second kappa shape index (κ2) is 7.44. The number of hydrogen-bond acceptors (Lipinski definition) is 4. The summed E-state index contributed by atoms with van der Waals surface area (Å²) in [7, 11) is 0. The number of halogens is 2. The van der Waals surface area contributed by atoms with Crippen molar-refractivity contribution in [3.8, 4) is 5.69 Å². The van der Waals surface area contributed by atoms with E-state index in [4.69, 9.17) is 11.6 Å². The van der Waals surface area contributed by atoms with Crippen molar-refractivity contribution in [1.29, 1.82) is 0 Å². The van der Waals surface area contributed by atoms with Gasteiger partial charge in [0.15, 0.2) is 5.78 Å². The van der Waals surface area contributed by atoms with Crippen LogP contribution in [0.5, 0.6) is 0 Å². The van der Waals surface area contributed by atoms with Gasteiger partial charge in [-0.2, -0.15) is 5.10 Å². The highest BCUT2D eigenvalue weighted by molar-refractivity contribution is 6.31. The molecule has 1 aromatic carbocycles. The van der Waals surface area contributed by atoms with Gasteiger partial charge in [0.05, 0.1) is 23.0 Å². The zero-order chi connectivity index (χ0) is 20.6. The molecule has 1 N–H and O–H groups in total. The monoisotopic (exact) mass is 400 g/mol. The van der Waals surface area contributed by atoms with Gasteiger partial charge in [0.25, 0.3) is 0 Å². The molecule has 0 spiro atoms. The summed E-state index contributed by atoms with van der Waals surface area (Å²) < 4.78 is 14.6. The number of aromatic amines is 1. The van der Waals surface area contributed by atoms with E-state index >= 15 is 0 Å². The van der Waals surface area contributed by atoms with Crippen LogP contribution in [0, 0.1) is 26.6 Å². The maximum atomic E-state index is 13.1. The van der Waals surface area contributed by atoms with E-state index < -0.39 is 5.97 Å². The highest BCUT2D eigenvalue weighted by Gasteiger charge is 2.18. The van der Waals surface area contributed by atoms with Crippen LogP contribution >= 0.6 is 11.6 Å². The third kappa shape index (κ3) is 3.48. The Balaban J connectivity index is 1.94. The quantitative estimate of drug-likeness (QED) is 0.526. The van der Waals surface area contributed by atoms with Gasteiger partial charge in [0.1, 0.15) is 11.0 Å². The number of carboxylic acids is 1. The summed E-state index contributed by atoms with van der Waals surface area (Å²) in [5, 5.41) is 15.7. The predicted molar refractivity (Wildman–Crippen MR) is 101 cm³/mol. The van der Waals surface area contributed by atoms with Crippen molar-refractivity contribution in [2.45, 2.75) is 20.8 Å².